The fourth-order valence-corrected chi connectivity index (χ4v) is 9.07. The van der Waals surface area contributed by atoms with Gasteiger partial charge in [-0.15, -0.1) is 12.6 Å². The predicted octanol–water partition coefficient (Wildman–Crippen LogP) is 7.71. The molecule has 26 heavy (non-hydrogen) atoms. The van der Waals surface area contributed by atoms with Crippen molar-refractivity contribution < 1.29 is 0 Å². The molecule has 0 aromatic carbocycles. The van der Waals surface area contributed by atoms with Crippen LogP contribution in [0.1, 0.15) is 97.8 Å². The van der Waals surface area contributed by atoms with Crippen LogP contribution in [0.5, 0.6) is 0 Å². The Balaban J connectivity index is 1.52. The topological polar surface area (TPSA) is 0 Å². The van der Waals surface area contributed by atoms with E-state index in [0.717, 1.165) is 46.1 Å². The van der Waals surface area contributed by atoms with Crippen molar-refractivity contribution in [3.63, 3.8) is 0 Å². The molecule has 0 heterocycles. The zero-order valence-corrected chi connectivity index (χ0v) is 19.0. The van der Waals surface area contributed by atoms with Crippen molar-refractivity contribution in [3.05, 3.63) is 0 Å². The van der Waals surface area contributed by atoms with Crippen LogP contribution < -0.4 is 0 Å². The summed E-state index contributed by atoms with van der Waals surface area (Å²) < 4.78 is 0.906. The Morgan fingerprint density at radius 1 is 0.962 bits per heavy atom. The standard InChI is InChI=1S/C24H40S2/c1-16(7-12-22(25)26)19-10-11-20-18-9-8-17-6-4-5-14-23(17,2)21(18)13-15-24(19,20)3/h16-21H,4-15H2,1-3H3,(H,25,26)/t16-,17?,18+,19-,20+,21+,23+,24-/m1/s1. The quantitative estimate of drug-likeness (QED) is 0.377. The lowest BCUT2D eigenvalue weighted by Crippen LogP contribution is -2.53. The molecule has 0 nitrogen and oxygen atoms in total. The van der Waals surface area contributed by atoms with Crippen LogP contribution in [0, 0.1) is 46.3 Å². The van der Waals surface area contributed by atoms with E-state index < -0.39 is 0 Å². The number of hydrogen-bond acceptors (Lipinski definition) is 1. The van der Waals surface area contributed by atoms with E-state index in [4.69, 9.17) is 12.2 Å². The van der Waals surface area contributed by atoms with Crippen molar-refractivity contribution in [3.8, 4) is 0 Å². The summed E-state index contributed by atoms with van der Waals surface area (Å²) in [6.45, 7) is 7.91. The monoisotopic (exact) mass is 392 g/mol. The second kappa shape index (κ2) is 7.36. The van der Waals surface area contributed by atoms with E-state index in [-0.39, 0.29) is 0 Å². The lowest BCUT2D eigenvalue weighted by atomic mass is 9.44. The van der Waals surface area contributed by atoms with Gasteiger partial charge in [-0.25, -0.2) is 0 Å². The van der Waals surface area contributed by atoms with Crippen LogP contribution in [0.25, 0.3) is 0 Å². The zero-order valence-electron chi connectivity index (χ0n) is 17.3. The third-order valence-electron chi connectivity index (χ3n) is 10.2. The van der Waals surface area contributed by atoms with Crippen LogP contribution in [0.4, 0.5) is 0 Å². The van der Waals surface area contributed by atoms with E-state index in [0.29, 0.717) is 10.8 Å². The molecule has 0 aliphatic heterocycles. The molecule has 0 saturated heterocycles. The summed E-state index contributed by atoms with van der Waals surface area (Å²) in [5, 5.41) is 0. The van der Waals surface area contributed by atoms with Crippen LogP contribution in [-0.4, -0.2) is 4.20 Å². The lowest BCUT2D eigenvalue weighted by molar-refractivity contribution is -0.114. The van der Waals surface area contributed by atoms with E-state index >= 15 is 0 Å². The maximum atomic E-state index is 5.24. The van der Waals surface area contributed by atoms with E-state index in [9.17, 15) is 0 Å². The molecule has 4 aliphatic carbocycles. The van der Waals surface area contributed by atoms with Crippen LogP contribution >= 0.6 is 24.8 Å². The molecule has 4 aliphatic rings. The highest BCUT2D eigenvalue weighted by Gasteiger charge is 2.59. The van der Waals surface area contributed by atoms with Gasteiger partial charge in [0, 0.05) is 4.20 Å². The fourth-order valence-electron chi connectivity index (χ4n) is 8.82. The van der Waals surface area contributed by atoms with Gasteiger partial charge in [-0.3, -0.25) is 0 Å². The SMILES string of the molecule is C[C@H](CCC(=S)S)[C@H]1CC[C@H]2[C@@H]3CCC4CCCC[C@]4(C)[C@H]3CC[C@]12C. The molecule has 4 rings (SSSR count). The molecule has 0 bridgehead atoms. The van der Waals surface area contributed by atoms with Crippen LogP contribution in [0.15, 0.2) is 0 Å². The second-order valence-electron chi connectivity index (χ2n) is 11.0. The van der Waals surface area contributed by atoms with Gasteiger partial charge in [-0.2, -0.15) is 0 Å². The van der Waals surface area contributed by atoms with Crippen LogP contribution in [-0.2, 0) is 0 Å². The first-order valence-electron chi connectivity index (χ1n) is 11.6. The summed E-state index contributed by atoms with van der Waals surface area (Å²) >= 11 is 9.61. The van der Waals surface area contributed by atoms with Crippen molar-refractivity contribution in [2.45, 2.75) is 97.8 Å². The molecule has 0 N–H and O–H groups in total. The average molecular weight is 393 g/mol. The minimum atomic E-state index is 0.608. The van der Waals surface area contributed by atoms with Gasteiger partial charge in [0.05, 0.1) is 0 Å². The lowest BCUT2D eigenvalue weighted by Gasteiger charge is -2.61. The fraction of sp³-hybridized carbons (Fsp3) is 0.958. The molecule has 148 valence electrons. The Bertz CT molecular complexity index is 542. The molecule has 0 amide bonds. The van der Waals surface area contributed by atoms with Crippen molar-refractivity contribution in [2.75, 3.05) is 0 Å². The summed E-state index contributed by atoms with van der Waals surface area (Å²) in [4.78, 5) is 0. The van der Waals surface area contributed by atoms with E-state index in [1.54, 1.807) is 12.8 Å². The van der Waals surface area contributed by atoms with E-state index in [1.807, 2.05) is 0 Å². The van der Waals surface area contributed by atoms with Crippen LogP contribution in [0.3, 0.4) is 0 Å². The number of thiol groups is 1. The molecule has 0 radical (unpaired) electrons. The molecule has 0 spiro atoms. The summed E-state index contributed by atoms with van der Waals surface area (Å²) in [7, 11) is 0. The first-order valence-corrected chi connectivity index (χ1v) is 12.4. The summed E-state index contributed by atoms with van der Waals surface area (Å²) in [6, 6.07) is 0. The minimum Gasteiger partial charge on any atom is -0.136 e. The Hall–Kier alpha value is 0.440. The van der Waals surface area contributed by atoms with E-state index in [1.165, 1.54) is 57.8 Å². The first kappa shape index (κ1) is 19.7. The van der Waals surface area contributed by atoms with Gasteiger partial charge in [0.15, 0.2) is 0 Å². The minimum absolute atomic E-state index is 0.608. The van der Waals surface area contributed by atoms with Gasteiger partial charge < -0.3 is 0 Å². The highest BCUT2D eigenvalue weighted by atomic mass is 32.1. The molecule has 4 saturated carbocycles. The van der Waals surface area contributed by atoms with Gasteiger partial charge in [0.2, 0.25) is 0 Å². The number of hydrogen-bond donors (Lipinski definition) is 1. The van der Waals surface area contributed by atoms with Crippen molar-refractivity contribution in [2.24, 2.45) is 46.3 Å². The molecule has 0 aromatic rings. The first-order chi connectivity index (χ1) is 12.4. The van der Waals surface area contributed by atoms with Crippen LogP contribution in [0.2, 0.25) is 0 Å². The smallest absolute Gasteiger partial charge is 0.0448 e. The normalized spacial score (nSPS) is 49.0. The second-order valence-corrected chi connectivity index (χ2v) is 12.4. The van der Waals surface area contributed by atoms with Gasteiger partial charge in [0.1, 0.15) is 0 Å². The zero-order chi connectivity index (χ0) is 18.5. The van der Waals surface area contributed by atoms with Crippen molar-refractivity contribution in [1.82, 2.24) is 0 Å². The Kier molecular flexibility index (Phi) is 5.59. The summed E-state index contributed by atoms with van der Waals surface area (Å²) in [5.41, 5.74) is 1.29. The van der Waals surface area contributed by atoms with Gasteiger partial charge in [-0.05, 0) is 111 Å². The summed E-state index contributed by atoms with van der Waals surface area (Å²) in [6.07, 6.45) is 17.5. The molecule has 1 unspecified atom stereocenters. The van der Waals surface area contributed by atoms with Gasteiger partial charge in [-0.1, -0.05) is 45.8 Å². The van der Waals surface area contributed by atoms with E-state index in [2.05, 4.69) is 33.4 Å². The highest BCUT2D eigenvalue weighted by molar-refractivity contribution is 8.11. The summed E-state index contributed by atoms with van der Waals surface area (Å²) in [5.74, 6) is 5.88. The predicted molar refractivity (Wildman–Crippen MR) is 120 cm³/mol. The largest absolute Gasteiger partial charge is 0.136 e. The number of fused-ring (bicyclic) bond motifs is 5. The number of thiocarbonyl (C=S) groups is 1. The molecular weight excluding hydrogens is 352 g/mol. The average Bonchev–Trinajstić information content (AvgIpc) is 2.96. The molecular formula is C24H40S2. The van der Waals surface area contributed by atoms with Gasteiger partial charge >= 0.3 is 0 Å². The Morgan fingerprint density at radius 2 is 1.73 bits per heavy atom. The highest BCUT2D eigenvalue weighted by Crippen LogP contribution is 2.68. The molecule has 4 fully saturated rings. The maximum Gasteiger partial charge on any atom is 0.0448 e. The third-order valence-corrected chi connectivity index (χ3v) is 10.6. The van der Waals surface area contributed by atoms with Crippen molar-refractivity contribution >= 4 is 29.0 Å². The maximum absolute atomic E-state index is 5.24. The van der Waals surface area contributed by atoms with Gasteiger partial charge in [0.25, 0.3) is 0 Å². The Morgan fingerprint density at radius 3 is 2.50 bits per heavy atom. The number of rotatable bonds is 4. The molecule has 0 aromatic heterocycles. The third kappa shape index (κ3) is 3.14. The van der Waals surface area contributed by atoms with Crippen molar-refractivity contribution in [1.29, 1.82) is 0 Å². The molecule has 8 atom stereocenters. The Labute approximate surface area is 173 Å². The molecule has 2 heteroatoms.